The zero-order valence-corrected chi connectivity index (χ0v) is 9.61. The molecule has 0 aliphatic carbocycles. The standard InChI is InChI=1S/C11H16N2O3/c1-11(13-12,10(14)16-3)8-6-4-5-7-9(8)15-2/h4-7,13H,12H2,1-3H3. The summed E-state index contributed by atoms with van der Waals surface area (Å²) in [7, 11) is 2.85. The topological polar surface area (TPSA) is 73.6 Å². The van der Waals surface area contributed by atoms with Gasteiger partial charge in [0.25, 0.3) is 0 Å². The Labute approximate surface area is 94.5 Å². The van der Waals surface area contributed by atoms with Crippen LogP contribution in [0.5, 0.6) is 5.75 Å². The van der Waals surface area contributed by atoms with Gasteiger partial charge in [0, 0.05) is 5.56 Å². The number of rotatable bonds is 4. The summed E-state index contributed by atoms with van der Waals surface area (Å²) in [6.07, 6.45) is 0. The minimum Gasteiger partial charge on any atom is -0.496 e. The van der Waals surface area contributed by atoms with Crippen LogP contribution in [0.1, 0.15) is 12.5 Å². The Morgan fingerprint density at radius 3 is 2.50 bits per heavy atom. The summed E-state index contributed by atoms with van der Waals surface area (Å²) in [6.45, 7) is 1.64. The number of carbonyl (C=O) groups excluding carboxylic acids is 1. The number of nitrogens with one attached hydrogen (secondary N) is 1. The van der Waals surface area contributed by atoms with Gasteiger partial charge in [0.2, 0.25) is 0 Å². The number of carbonyl (C=O) groups is 1. The van der Waals surface area contributed by atoms with E-state index in [2.05, 4.69) is 5.43 Å². The van der Waals surface area contributed by atoms with E-state index in [-0.39, 0.29) is 0 Å². The monoisotopic (exact) mass is 224 g/mol. The van der Waals surface area contributed by atoms with Crippen molar-refractivity contribution in [3.63, 3.8) is 0 Å². The number of hydrazine groups is 1. The van der Waals surface area contributed by atoms with Crippen LogP contribution in [0.15, 0.2) is 24.3 Å². The van der Waals surface area contributed by atoms with Gasteiger partial charge in [0.15, 0.2) is 5.54 Å². The lowest BCUT2D eigenvalue weighted by atomic mass is 9.92. The lowest BCUT2D eigenvalue weighted by Gasteiger charge is -2.27. The molecule has 0 aliphatic rings. The van der Waals surface area contributed by atoms with Gasteiger partial charge >= 0.3 is 5.97 Å². The molecule has 88 valence electrons. The second kappa shape index (κ2) is 4.96. The van der Waals surface area contributed by atoms with Crippen molar-refractivity contribution in [2.45, 2.75) is 12.5 Å². The van der Waals surface area contributed by atoms with Crippen LogP contribution in [0, 0.1) is 0 Å². The zero-order valence-electron chi connectivity index (χ0n) is 9.61. The summed E-state index contributed by atoms with van der Waals surface area (Å²) in [5, 5.41) is 0. The van der Waals surface area contributed by atoms with Crippen LogP contribution >= 0.6 is 0 Å². The average Bonchev–Trinajstić information content (AvgIpc) is 2.36. The summed E-state index contributed by atoms with van der Waals surface area (Å²) >= 11 is 0. The molecule has 5 heteroatoms. The molecule has 0 saturated heterocycles. The highest BCUT2D eigenvalue weighted by Crippen LogP contribution is 2.29. The molecule has 0 fully saturated rings. The van der Waals surface area contributed by atoms with E-state index >= 15 is 0 Å². The first-order chi connectivity index (χ1) is 7.60. The zero-order chi connectivity index (χ0) is 12.2. The van der Waals surface area contributed by atoms with Gasteiger partial charge in [-0.15, -0.1) is 0 Å². The van der Waals surface area contributed by atoms with Gasteiger partial charge in [0.1, 0.15) is 5.75 Å². The molecule has 0 bridgehead atoms. The largest absolute Gasteiger partial charge is 0.496 e. The van der Waals surface area contributed by atoms with Crippen molar-refractivity contribution >= 4 is 5.97 Å². The molecular formula is C11H16N2O3. The lowest BCUT2D eigenvalue weighted by molar-refractivity contribution is -0.148. The van der Waals surface area contributed by atoms with Crippen LogP contribution in [0.3, 0.4) is 0 Å². The van der Waals surface area contributed by atoms with Gasteiger partial charge in [-0.1, -0.05) is 18.2 Å². The SMILES string of the molecule is COC(=O)C(C)(NN)c1ccccc1OC. The second-order valence-electron chi connectivity index (χ2n) is 3.46. The number of esters is 1. The number of hydrogen-bond donors (Lipinski definition) is 2. The number of ether oxygens (including phenoxy) is 2. The first-order valence-electron chi connectivity index (χ1n) is 4.79. The molecule has 1 atom stereocenters. The lowest BCUT2D eigenvalue weighted by Crippen LogP contribution is -2.51. The third kappa shape index (κ3) is 2.00. The predicted octanol–water partition coefficient (Wildman–Crippen LogP) is 0.547. The van der Waals surface area contributed by atoms with E-state index in [0.29, 0.717) is 11.3 Å². The molecule has 0 amide bonds. The summed E-state index contributed by atoms with van der Waals surface area (Å²) in [5.41, 5.74) is 1.97. The molecule has 0 saturated carbocycles. The number of nitrogens with two attached hydrogens (primary N) is 1. The molecule has 16 heavy (non-hydrogen) atoms. The van der Waals surface area contributed by atoms with E-state index in [9.17, 15) is 4.79 Å². The number of methoxy groups -OCH3 is 2. The summed E-state index contributed by atoms with van der Waals surface area (Å²) in [4.78, 5) is 11.7. The molecule has 1 aromatic carbocycles. The van der Waals surface area contributed by atoms with Crippen LogP contribution in [0.2, 0.25) is 0 Å². The van der Waals surface area contributed by atoms with Crippen LogP contribution in [-0.4, -0.2) is 20.2 Å². The molecule has 0 radical (unpaired) electrons. The minimum absolute atomic E-state index is 0.473. The van der Waals surface area contributed by atoms with Crippen LogP contribution < -0.4 is 16.0 Å². The van der Waals surface area contributed by atoms with Crippen molar-refractivity contribution in [1.29, 1.82) is 0 Å². The van der Waals surface area contributed by atoms with Crippen LogP contribution in [-0.2, 0) is 15.1 Å². The summed E-state index contributed by atoms with van der Waals surface area (Å²) < 4.78 is 9.91. The molecule has 1 aromatic rings. The van der Waals surface area contributed by atoms with E-state index in [1.807, 2.05) is 6.07 Å². The molecule has 1 unspecified atom stereocenters. The third-order valence-corrected chi connectivity index (χ3v) is 2.53. The van der Waals surface area contributed by atoms with E-state index in [1.54, 1.807) is 25.1 Å². The van der Waals surface area contributed by atoms with Gasteiger partial charge < -0.3 is 9.47 Å². The van der Waals surface area contributed by atoms with Gasteiger partial charge in [-0.25, -0.2) is 10.2 Å². The Hall–Kier alpha value is -1.59. The van der Waals surface area contributed by atoms with E-state index < -0.39 is 11.5 Å². The highest BCUT2D eigenvalue weighted by atomic mass is 16.5. The quantitative estimate of drug-likeness (QED) is 0.444. The Bertz CT molecular complexity index is 381. The molecule has 0 heterocycles. The number of benzene rings is 1. The maximum Gasteiger partial charge on any atom is 0.331 e. The van der Waals surface area contributed by atoms with Crippen LogP contribution in [0.4, 0.5) is 0 Å². The fourth-order valence-electron chi connectivity index (χ4n) is 1.51. The van der Waals surface area contributed by atoms with Crippen LogP contribution in [0.25, 0.3) is 0 Å². The first kappa shape index (κ1) is 12.5. The van der Waals surface area contributed by atoms with Crippen molar-refractivity contribution in [3.8, 4) is 5.75 Å². The van der Waals surface area contributed by atoms with Crippen molar-refractivity contribution in [2.24, 2.45) is 5.84 Å². The number of para-hydroxylation sites is 1. The van der Waals surface area contributed by atoms with E-state index in [4.69, 9.17) is 15.3 Å². The molecule has 1 rings (SSSR count). The average molecular weight is 224 g/mol. The number of hydrogen-bond acceptors (Lipinski definition) is 5. The Kier molecular flexibility index (Phi) is 3.87. The molecule has 0 aliphatic heterocycles. The highest BCUT2D eigenvalue weighted by Gasteiger charge is 2.37. The van der Waals surface area contributed by atoms with Crippen molar-refractivity contribution in [3.05, 3.63) is 29.8 Å². The molecule has 0 spiro atoms. The maximum atomic E-state index is 11.7. The summed E-state index contributed by atoms with van der Waals surface area (Å²) in [5.74, 6) is 5.54. The van der Waals surface area contributed by atoms with Gasteiger partial charge in [-0.3, -0.25) is 5.84 Å². The summed E-state index contributed by atoms with van der Waals surface area (Å²) in [6, 6.07) is 7.14. The highest BCUT2D eigenvalue weighted by molar-refractivity contribution is 5.83. The first-order valence-corrected chi connectivity index (χ1v) is 4.79. The van der Waals surface area contributed by atoms with Crippen molar-refractivity contribution < 1.29 is 14.3 Å². The maximum absolute atomic E-state index is 11.7. The van der Waals surface area contributed by atoms with Crippen molar-refractivity contribution in [1.82, 2.24) is 5.43 Å². The normalized spacial score (nSPS) is 14.0. The third-order valence-electron chi connectivity index (χ3n) is 2.53. The fourth-order valence-corrected chi connectivity index (χ4v) is 1.51. The minimum atomic E-state index is -1.12. The molecular weight excluding hydrogens is 208 g/mol. The van der Waals surface area contributed by atoms with Crippen molar-refractivity contribution in [2.75, 3.05) is 14.2 Å². The smallest absolute Gasteiger partial charge is 0.331 e. The van der Waals surface area contributed by atoms with Gasteiger partial charge in [-0.05, 0) is 13.0 Å². The fraction of sp³-hybridized carbons (Fsp3) is 0.364. The van der Waals surface area contributed by atoms with E-state index in [0.717, 1.165) is 0 Å². The Morgan fingerprint density at radius 1 is 1.38 bits per heavy atom. The Balaban J connectivity index is 3.27. The van der Waals surface area contributed by atoms with Gasteiger partial charge in [0.05, 0.1) is 14.2 Å². The molecule has 0 aromatic heterocycles. The molecule has 5 nitrogen and oxygen atoms in total. The second-order valence-corrected chi connectivity index (χ2v) is 3.46. The van der Waals surface area contributed by atoms with E-state index in [1.165, 1.54) is 14.2 Å². The molecule has 3 N–H and O–H groups in total. The predicted molar refractivity (Wildman–Crippen MR) is 59.7 cm³/mol. The Morgan fingerprint density at radius 2 is 2.00 bits per heavy atom. The van der Waals surface area contributed by atoms with Gasteiger partial charge in [-0.2, -0.15) is 0 Å².